The molecule has 2 unspecified atom stereocenters. The van der Waals surface area contributed by atoms with Gasteiger partial charge in [-0.1, -0.05) is 37.0 Å². The van der Waals surface area contributed by atoms with Gasteiger partial charge in [0.15, 0.2) is 0 Å². The van der Waals surface area contributed by atoms with Gasteiger partial charge in [0.2, 0.25) is 0 Å². The van der Waals surface area contributed by atoms with Crippen molar-refractivity contribution in [1.82, 2.24) is 0 Å². The van der Waals surface area contributed by atoms with Crippen LogP contribution in [0.3, 0.4) is 0 Å². The van der Waals surface area contributed by atoms with Crippen LogP contribution in [0.15, 0.2) is 18.2 Å². The summed E-state index contributed by atoms with van der Waals surface area (Å²) in [4.78, 5) is 11.9. The van der Waals surface area contributed by atoms with Gasteiger partial charge in [-0.3, -0.25) is 4.79 Å². The van der Waals surface area contributed by atoms with E-state index >= 15 is 0 Å². The van der Waals surface area contributed by atoms with Gasteiger partial charge in [-0.25, -0.2) is 0 Å². The van der Waals surface area contributed by atoms with E-state index in [1.807, 2.05) is 13.8 Å². The lowest BCUT2D eigenvalue weighted by Crippen LogP contribution is -2.29. The summed E-state index contributed by atoms with van der Waals surface area (Å²) in [5, 5.41) is 11.2. The Labute approximate surface area is 123 Å². The van der Waals surface area contributed by atoms with Gasteiger partial charge in [0, 0.05) is 10.0 Å². The Morgan fingerprint density at radius 3 is 2.21 bits per heavy atom. The SMILES string of the molecule is CCOC(=O)C(C(C)C)C(O)c1cc(Cl)cc(Cl)c1. The van der Waals surface area contributed by atoms with Crippen LogP contribution in [0.25, 0.3) is 0 Å². The smallest absolute Gasteiger partial charge is 0.312 e. The second-order valence-electron chi connectivity index (χ2n) is 4.67. The molecule has 1 aromatic rings. The molecule has 0 aliphatic heterocycles. The predicted octanol–water partition coefficient (Wildman–Crippen LogP) is 3.86. The van der Waals surface area contributed by atoms with Crippen LogP contribution in [0.1, 0.15) is 32.4 Å². The molecular weight excluding hydrogens is 287 g/mol. The van der Waals surface area contributed by atoms with E-state index < -0.39 is 18.0 Å². The molecule has 2 atom stereocenters. The van der Waals surface area contributed by atoms with Gasteiger partial charge < -0.3 is 9.84 Å². The highest BCUT2D eigenvalue weighted by Gasteiger charge is 2.32. The Bertz CT molecular complexity index is 426. The lowest BCUT2D eigenvalue weighted by molar-refractivity contribution is -0.154. The number of aliphatic hydroxyl groups is 1. The predicted molar refractivity (Wildman–Crippen MR) is 76.4 cm³/mol. The van der Waals surface area contributed by atoms with Gasteiger partial charge in [0.25, 0.3) is 0 Å². The van der Waals surface area contributed by atoms with Crippen LogP contribution in [-0.4, -0.2) is 17.7 Å². The molecule has 0 heterocycles. The van der Waals surface area contributed by atoms with E-state index in [1.54, 1.807) is 25.1 Å². The zero-order valence-electron chi connectivity index (χ0n) is 11.2. The summed E-state index contributed by atoms with van der Waals surface area (Å²) in [5.74, 6) is -1.12. The van der Waals surface area contributed by atoms with Crippen molar-refractivity contribution in [3.8, 4) is 0 Å². The number of ether oxygens (including phenoxy) is 1. The van der Waals surface area contributed by atoms with Crippen LogP contribution in [0.4, 0.5) is 0 Å². The number of esters is 1. The maximum absolute atomic E-state index is 11.9. The third kappa shape index (κ3) is 4.37. The van der Waals surface area contributed by atoms with Crippen molar-refractivity contribution in [3.63, 3.8) is 0 Å². The average Bonchev–Trinajstić information content (AvgIpc) is 2.27. The maximum atomic E-state index is 11.9. The summed E-state index contributed by atoms with van der Waals surface area (Å²) in [6.07, 6.45) is -0.991. The van der Waals surface area contributed by atoms with Crippen molar-refractivity contribution in [2.75, 3.05) is 6.61 Å². The molecule has 0 aromatic heterocycles. The van der Waals surface area contributed by atoms with E-state index in [0.29, 0.717) is 15.6 Å². The van der Waals surface area contributed by atoms with Crippen molar-refractivity contribution in [2.24, 2.45) is 11.8 Å². The van der Waals surface area contributed by atoms with Gasteiger partial charge >= 0.3 is 5.97 Å². The number of rotatable bonds is 5. The zero-order valence-corrected chi connectivity index (χ0v) is 12.7. The minimum atomic E-state index is -0.991. The largest absolute Gasteiger partial charge is 0.466 e. The van der Waals surface area contributed by atoms with E-state index in [4.69, 9.17) is 27.9 Å². The van der Waals surface area contributed by atoms with Crippen molar-refractivity contribution < 1.29 is 14.6 Å². The van der Waals surface area contributed by atoms with E-state index in [2.05, 4.69) is 0 Å². The van der Waals surface area contributed by atoms with Crippen LogP contribution in [-0.2, 0) is 9.53 Å². The summed E-state index contributed by atoms with van der Waals surface area (Å²) >= 11 is 11.8. The van der Waals surface area contributed by atoms with Crippen molar-refractivity contribution in [2.45, 2.75) is 26.9 Å². The maximum Gasteiger partial charge on any atom is 0.312 e. The first kappa shape index (κ1) is 16.3. The molecule has 0 amide bonds. The third-order valence-electron chi connectivity index (χ3n) is 2.84. The summed E-state index contributed by atoms with van der Waals surface area (Å²) in [6, 6.07) is 4.79. The highest BCUT2D eigenvalue weighted by atomic mass is 35.5. The van der Waals surface area contributed by atoms with E-state index in [9.17, 15) is 9.90 Å². The molecule has 0 saturated heterocycles. The summed E-state index contributed by atoms with van der Waals surface area (Å²) < 4.78 is 5.00. The second-order valence-corrected chi connectivity index (χ2v) is 5.54. The molecule has 0 radical (unpaired) electrons. The van der Waals surface area contributed by atoms with Crippen molar-refractivity contribution in [3.05, 3.63) is 33.8 Å². The molecule has 106 valence electrons. The van der Waals surface area contributed by atoms with Crippen LogP contribution in [0.5, 0.6) is 0 Å². The molecule has 0 fully saturated rings. The van der Waals surface area contributed by atoms with E-state index in [1.165, 1.54) is 0 Å². The van der Waals surface area contributed by atoms with Gasteiger partial charge in [0.05, 0.1) is 18.6 Å². The van der Waals surface area contributed by atoms with E-state index in [-0.39, 0.29) is 12.5 Å². The highest BCUT2D eigenvalue weighted by Crippen LogP contribution is 2.32. The minimum absolute atomic E-state index is 0.0631. The molecule has 0 aliphatic carbocycles. The number of aliphatic hydroxyl groups excluding tert-OH is 1. The molecule has 19 heavy (non-hydrogen) atoms. The van der Waals surface area contributed by atoms with E-state index in [0.717, 1.165) is 0 Å². The highest BCUT2D eigenvalue weighted by molar-refractivity contribution is 6.34. The van der Waals surface area contributed by atoms with Crippen LogP contribution >= 0.6 is 23.2 Å². The first-order valence-corrected chi connectivity index (χ1v) is 6.93. The van der Waals surface area contributed by atoms with Crippen molar-refractivity contribution >= 4 is 29.2 Å². The quantitative estimate of drug-likeness (QED) is 0.840. The lowest BCUT2D eigenvalue weighted by atomic mass is 9.86. The normalized spacial score (nSPS) is 14.3. The van der Waals surface area contributed by atoms with Gasteiger partial charge in [-0.15, -0.1) is 0 Å². The topological polar surface area (TPSA) is 46.5 Å². The number of hydrogen-bond donors (Lipinski definition) is 1. The summed E-state index contributed by atoms with van der Waals surface area (Å²) in [5.41, 5.74) is 0.518. The Morgan fingerprint density at radius 2 is 1.79 bits per heavy atom. The summed E-state index contributed by atoms with van der Waals surface area (Å²) in [6.45, 7) is 5.73. The van der Waals surface area contributed by atoms with Crippen molar-refractivity contribution in [1.29, 1.82) is 0 Å². The monoisotopic (exact) mass is 304 g/mol. The number of carbonyl (C=O) groups is 1. The Balaban J connectivity index is 3.05. The molecule has 0 aliphatic rings. The molecule has 1 rings (SSSR count). The first-order valence-electron chi connectivity index (χ1n) is 6.17. The molecule has 0 bridgehead atoms. The molecular formula is C14H18Cl2O3. The third-order valence-corrected chi connectivity index (χ3v) is 3.28. The fourth-order valence-corrected chi connectivity index (χ4v) is 2.50. The number of benzene rings is 1. The standard InChI is InChI=1S/C14H18Cl2O3/c1-4-19-14(18)12(8(2)3)13(17)9-5-10(15)7-11(16)6-9/h5-8,12-13,17H,4H2,1-3H3. The molecule has 0 spiro atoms. The molecule has 1 N–H and O–H groups in total. The minimum Gasteiger partial charge on any atom is -0.466 e. The Hall–Kier alpha value is -0.770. The van der Waals surface area contributed by atoms with Gasteiger partial charge in [-0.2, -0.15) is 0 Å². The summed E-state index contributed by atoms with van der Waals surface area (Å²) in [7, 11) is 0. The van der Waals surface area contributed by atoms with Gasteiger partial charge in [0.1, 0.15) is 0 Å². The van der Waals surface area contributed by atoms with Gasteiger partial charge in [-0.05, 0) is 36.6 Å². The van der Waals surface area contributed by atoms with Crippen LogP contribution in [0, 0.1) is 11.8 Å². The Kier molecular flexibility index (Phi) is 6.11. The Morgan fingerprint density at radius 1 is 1.26 bits per heavy atom. The molecule has 0 saturated carbocycles. The number of halogens is 2. The molecule has 3 nitrogen and oxygen atoms in total. The molecule has 5 heteroatoms. The number of hydrogen-bond acceptors (Lipinski definition) is 3. The molecule has 1 aromatic carbocycles. The fraction of sp³-hybridized carbons (Fsp3) is 0.500. The lowest BCUT2D eigenvalue weighted by Gasteiger charge is -2.25. The zero-order chi connectivity index (χ0) is 14.6. The first-order chi connectivity index (χ1) is 8.86. The van der Waals surface area contributed by atoms with Crippen LogP contribution in [0.2, 0.25) is 10.0 Å². The average molecular weight is 305 g/mol. The van der Waals surface area contributed by atoms with Crippen LogP contribution < -0.4 is 0 Å². The fourth-order valence-electron chi connectivity index (χ4n) is 1.96. The number of carbonyl (C=O) groups excluding carboxylic acids is 1. The second kappa shape index (κ2) is 7.13.